The van der Waals surface area contributed by atoms with Crippen molar-refractivity contribution in [3.8, 4) is 0 Å². The normalized spacial score (nSPS) is 25.4. The van der Waals surface area contributed by atoms with E-state index in [0.717, 1.165) is 5.56 Å². The molecular formula is C19H20FNO3. The van der Waals surface area contributed by atoms with E-state index in [-0.39, 0.29) is 12.5 Å². The summed E-state index contributed by atoms with van der Waals surface area (Å²) in [6.45, 7) is 0. The van der Waals surface area contributed by atoms with Crippen molar-refractivity contribution in [2.24, 2.45) is 0 Å². The average Bonchev–Trinajstić information content (AvgIpc) is 3.00. The van der Waals surface area contributed by atoms with Gasteiger partial charge in [-0.05, 0) is 11.1 Å². The van der Waals surface area contributed by atoms with Crippen molar-refractivity contribution in [1.29, 1.82) is 0 Å². The quantitative estimate of drug-likeness (QED) is 0.803. The lowest BCUT2D eigenvalue weighted by Crippen LogP contribution is -2.44. The minimum Gasteiger partial charge on any atom is -0.467 e. The van der Waals surface area contributed by atoms with Gasteiger partial charge >= 0.3 is 5.97 Å². The van der Waals surface area contributed by atoms with Gasteiger partial charge in [-0.25, -0.2) is 9.18 Å². The Balaban J connectivity index is 1.98. The third kappa shape index (κ3) is 2.81. The Morgan fingerprint density at radius 1 is 1.21 bits per heavy atom. The molecule has 126 valence electrons. The first-order valence-electron chi connectivity index (χ1n) is 7.83. The molecule has 3 atom stereocenters. The molecule has 1 aliphatic rings. The van der Waals surface area contributed by atoms with Crippen LogP contribution in [0.2, 0.25) is 0 Å². The summed E-state index contributed by atoms with van der Waals surface area (Å²) in [6, 6.07) is 17.9. The van der Waals surface area contributed by atoms with Crippen LogP contribution < -0.4 is 0 Å². The SMILES string of the molecule is COC(=O)[C@]1(C(F)c2ccccc2)C[C@H](c2ccccc2)N(C)O1. The van der Waals surface area contributed by atoms with Crippen LogP contribution >= 0.6 is 0 Å². The lowest BCUT2D eigenvalue weighted by molar-refractivity contribution is -0.226. The summed E-state index contributed by atoms with van der Waals surface area (Å²) in [7, 11) is 2.96. The van der Waals surface area contributed by atoms with Gasteiger partial charge in [0.05, 0.1) is 13.2 Å². The molecule has 2 aromatic rings. The summed E-state index contributed by atoms with van der Waals surface area (Å²) in [4.78, 5) is 18.2. The van der Waals surface area contributed by atoms with Crippen LogP contribution in [0.3, 0.4) is 0 Å². The molecule has 0 N–H and O–H groups in total. The maximum Gasteiger partial charge on any atom is 0.343 e. The summed E-state index contributed by atoms with van der Waals surface area (Å²) < 4.78 is 20.2. The van der Waals surface area contributed by atoms with Gasteiger partial charge in [0.1, 0.15) is 0 Å². The third-order valence-corrected chi connectivity index (χ3v) is 4.46. The van der Waals surface area contributed by atoms with E-state index in [1.807, 2.05) is 30.3 Å². The van der Waals surface area contributed by atoms with Crippen LogP contribution in [0.15, 0.2) is 60.7 Å². The van der Waals surface area contributed by atoms with Crippen LogP contribution in [0.1, 0.15) is 29.8 Å². The van der Waals surface area contributed by atoms with Crippen LogP contribution in [0.5, 0.6) is 0 Å². The molecule has 0 aliphatic carbocycles. The van der Waals surface area contributed by atoms with Crippen LogP contribution in [-0.2, 0) is 14.4 Å². The van der Waals surface area contributed by atoms with Gasteiger partial charge in [0.2, 0.25) is 5.60 Å². The topological polar surface area (TPSA) is 38.8 Å². The Bertz CT molecular complexity index is 694. The number of benzene rings is 2. The standard InChI is InChI=1S/C19H20FNO3/c1-21-16(14-9-5-3-6-10-14)13-19(24-21,18(22)23-2)17(20)15-11-7-4-8-12-15/h3-12,16-17H,13H2,1-2H3/t16-,17?,19-/m1/s1. The summed E-state index contributed by atoms with van der Waals surface area (Å²) in [5, 5.41) is 1.54. The van der Waals surface area contributed by atoms with Gasteiger partial charge in [0.25, 0.3) is 0 Å². The zero-order valence-electron chi connectivity index (χ0n) is 13.7. The van der Waals surface area contributed by atoms with E-state index in [9.17, 15) is 4.79 Å². The number of ether oxygens (including phenoxy) is 1. The Kier molecular flexibility index (Phi) is 4.64. The van der Waals surface area contributed by atoms with Gasteiger partial charge in [-0.1, -0.05) is 60.7 Å². The van der Waals surface area contributed by atoms with Crippen LogP contribution in [0.4, 0.5) is 4.39 Å². The van der Waals surface area contributed by atoms with Gasteiger partial charge in [-0.15, -0.1) is 0 Å². The second-order valence-electron chi connectivity index (χ2n) is 5.92. The number of methoxy groups -OCH3 is 1. The molecule has 1 saturated heterocycles. The fourth-order valence-electron chi connectivity index (χ4n) is 3.21. The van der Waals surface area contributed by atoms with Crippen molar-refractivity contribution in [2.75, 3.05) is 14.2 Å². The first-order chi connectivity index (χ1) is 11.6. The van der Waals surface area contributed by atoms with Gasteiger partial charge < -0.3 is 4.74 Å². The lowest BCUT2D eigenvalue weighted by Gasteiger charge is -2.28. The third-order valence-electron chi connectivity index (χ3n) is 4.46. The number of hydrogen-bond acceptors (Lipinski definition) is 4. The largest absolute Gasteiger partial charge is 0.467 e. The second-order valence-corrected chi connectivity index (χ2v) is 5.92. The Morgan fingerprint density at radius 3 is 2.38 bits per heavy atom. The van der Waals surface area contributed by atoms with E-state index < -0.39 is 17.7 Å². The summed E-state index contributed by atoms with van der Waals surface area (Å²) >= 11 is 0. The number of halogens is 1. The molecule has 5 heteroatoms. The highest BCUT2D eigenvalue weighted by Crippen LogP contribution is 2.48. The Morgan fingerprint density at radius 2 is 1.79 bits per heavy atom. The van der Waals surface area contributed by atoms with Crippen molar-refractivity contribution < 1.29 is 18.8 Å². The molecule has 3 rings (SSSR count). The minimum atomic E-state index is -1.69. The molecule has 1 fully saturated rings. The smallest absolute Gasteiger partial charge is 0.343 e. The second kappa shape index (κ2) is 6.71. The molecule has 1 aliphatic heterocycles. The van der Waals surface area contributed by atoms with Crippen LogP contribution in [0.25, 0.3) is 0 Å². The zero-order chi connectivity index (χ0) is 17.2. The summed E-state index contributed by atoms with van der Waals surface area (Å²) in [5.41, 5.74) is -0.332. The number of hydroxylamine groups is 2. The highest BCUT2D eigenvalue weighted by Gasteiger charge is 2.58. The molecule has 0 spiro atoms. The molecule has 0 aromatic heterocycles. The highest BCUT2D eigenvalue weighted by atomic mass is 19.1. The molecule has 24 heavy (non-hydrogen) atoms. The van der Waals surface area contributed by atoms with Crippen molar-refractivity contribution in [3.05, 3.63) is 71.8 Å². The summed E-state index contributed by atoms with van der Waals surface area (Å²) in [5.74, 6) is -0.705. The number of esters is 1. The number of nitrogens with zero attached hydrogens (tertiary/aromatic N) is 1. The van der Waals surface area contributed by atoms with Crippen molar-refractivity contribution in [3.63, 3.8) is 0 Å². The lowest BCUT2D eigenvalue weighted by atomic mass is 9.85. The number of carbonyl (C=O) groups excluding carboxylic acids is 1. The first kappa shape index (κ1) is 16.6. The zero-order valence-corrected chi connectivity index (χ0v) is 13.7. The van der Waals surface area contributed by atoms with E-state index in [4.69, 9.17) is 9.57 Å². The van der Waals surface area contributed by atoms with Crippen molar-refractivity contribution >= 4 is 5.97 Å². The average molecular weight is 329 g/mol. The van der Waals surface area contributed by atoms with E-state index >= 15 is 4.39 Å². The van der Waals surface area contributed by atoms with Gasteiger partial charge in [-0.3, -0.25) is 4.84 Å². The molecular weight excluding hydrogens is 309 g/mol. The molecule has 1 unspecified atom stereocenters. The molecule has 4 nitrogen and oxygen atoms in total. The number of hydrogen-bond donors (Lipinski definition) is 0. The van der Waals surface area contributed by atoms with E-state index in [1.54, 1.807) is 42.4 Å². The number of carbonyl (C=O) groups is 1. The van der Waals surface area contributed by atoms with Crippen molar-refractivity contribution in [1.82, 2.24) is 5.06 Å². The Labute approximate surface area is 140 Å². The maximum atomic E-state index is 15.3. The Hall–Kier alpha value is -2.24. The fourth-order valence-corrected chi connectivity index (χ4v) is 3.21. The summed E-state index contributed by atoms with van der Waals surface area (Å²) in [6.07, 6.45) is -1.45. The highest BCUT2D eigenvalue weighted by molar-refractivity contribution is 5.81. The fraction of sp³-hybridized carbons (Fsp3) is 0.316. The molecule has 0 amide bonds. The van der Waals surface area contributed by atoms with Gasteiger partial charge in [0.15, 0.2) is 6.17 Å². The van der Waals surface area contributed by atoms with E-state index in [1.165, 1.54) is 7.11 Å². The molecule has 0 saturated carbocycles. The number of rotatable bonds is 4. The van der Waals surface area contributed by atoms with Gasteiger partial charge in [-0.2, -0.15) is 5.06 Å². The van der Waals surface area contributed by atoms with E-state index in [0.29, 0.717) is 5.56 Å². The molecule has 0 radical (unpaired) electrons. The number of alkyl halides is 1. The molecule has 2 aromatic carbocycles. The molecule has 1 heterocycles. The van der Waals surface area contributed by atoms with Crippen molar-refractivity contribution in [2.45, 2.75) is 24.2 Å². The minimum absolute atomic E-state index is 0.177. The predicted octanol–water partition coefficient (Wildman–Crippen LogP) is 3.62. The monoisotopic (exact) mass is 329 g/mol. The van der Waals surface area contributed by atoms with Crippen LogP contribution in [0, 0.1) is 0 Å². The first-order valence-corrected chi connectivity index (χ1v) is 7.83. The van der Waals surface area contributed by atoms with Crippen LogP contribution in [-0.4, -0.2) is 30.8 Å². The van der Waals surface area contributed by atoms with E-state index in [2.05, 4.69) is 0 Å². The predicted molar refractivity (Wildman–Crippen MR) is 87.7 cm³/mol. The van der Waals surface area contributed by atoms with Gasteiger partial charge in [0, 0.05) is 13.5 Å². The maximum absolute atomic E-state index is 15.3. The molecule has 0 bridgehead atoms.